The summed E-state index contributed by atoms with van der Waals surface area (Å²) in [7, 11) is 0. The van der Waals surface area contributed by atoms with Gasteiger partial charge in [0.1, 0.15) is 16.4 Å². The van der Waals surface area contributed by atoms with E-state index in [2.05, 4.69) is 5.32 Å². The highest BCUT2D eigenvalue weighted by molar-refractivity contribution is 7.21. The fourth-order valence-corrected chi connectivity index (χ4v) is 5.70. The number of rotatable bonds is 7. The largest absolute Gasteiger partial charge is 0.462 e. The lowest BCUT2D eigenvalue weighted by molar-refractivity contribution is 0.0495. The van der Waals surface area contributed by atoms with E-state index < -0.39 is 23.7 Å². The van der Waals surface area contributed by atoms with Crippen molar-refractivity contribution in [3.05, 3.63) is 88.5 Å². The number of carbonyl (C=O) groups is 2. The number of alkyl carbamates (subject to hydrolysis) is 1. The Morgan fingerprint density at radius 3 is 2.43 bits per heavy atom. The van der Waals surface area contributed by atoms with E-state index in [1.165, 1.54) is 11.3 Å². The molecule has 2 aromatic heterocycles. The number of nitrogens with zero attached hydrogens (tertiary/aromatic N) is 3. The summed E-state index contributed by atoms with van der Waals surface area (Å²) in [5.41, 5.74) is 1.92. The summed E-state index contributed by atoms with van der Waals surface area (Å²) in [5.74, 6) is 0.0000413. The molecule has 9 nitrogen and oxygen atoms in total. The number of amides is 1. The number of carbonyl (C=O) groups excluding carboxylic acids is 2. The molecule has 5 rings (SSSR count). The summed E-state index contributed by atoms with van der Waals surface area (Å²) in [6, 6.07) is 19.3. The van der Waals surface area contributed by atoms with Crippen LogP contribution in [0.3, 0.4) is 0 Å². The maximum atomic E-state index is 14.4. The zero-order chi connectivity index (χ0) is 30.0. The molecule has 0 saturated carbocycles. The molecule has 10 heteroatoms. The molecule has 0 aliphatic rings. The summed E-state index contributed by atoms with van der Waals surface area (Å²) in [5, 5.41) is 3.93. The van der Waals surface area contributed by atoms with Gasteiger partial charge in [-0.25, -0.2) is 19.6 Å². The second kappa shape index (κ2) is 11.7. The molecule has 0 radical (unpaired) electrons. The Morgan fingerprint density at radius 1 is 0.976 bits per heavy atom. The van der Waals surface area contributed by atoms with E-state index in [9.17, 15) is 14.4 Å². The molecule has 2 heterocycles. The van der Waals surface area contributed by atoms with Crippen molar-refractivity contribution in [2.24, 2.45) is 0 Å². The van der Waals surface area contributed by atoms with Crippen molar-refractivity contribution in [3.8, 4) is 16.3 Å². The SMILES string of the molecule is CCOC(=O)c1ccc2nc(-c3cccc4nc([C@H](CC)NC(=O)OC(C)(C)C)n(-c5ccccc5)c(=O)c34)sc2c1. The lowest BCUT2D eigenvalue weighted by atomic mass is 10.1. The lowest BCUT2D eigenvalue weighted by Gasteiger charge is -2.25. The van der Waals surface area contributed by atoms with Gasteiger partial charge >= 0.3 is 12.1 Å². The number of fused-ring (bicyclic) bond motifs is 2. The van der Waals surface area contributed by atoms with Gasteiger partial charge in [-0.2, -0.15) is 0 Å². The van der Waals surface area contributed by atoms with E-state index in [1.54, 1.807) is 56.5 Å². The Labute approximate surface area is 247 Å². The zero-order valence-corrected chi connectivity index (χ0v) is 25.0. The second-order valence-corrected chi connectivity index (χ2v) is 11.7. The first-order valence-corrected chi connectivity index (χ1v) is 14.6. The van der Waals surface area contributed by atoms with Crippen molar-refractivity contribution in [2.75, 3.05) is 6.61 Å². The summed E-state index contributed by atoms with van der Waals surface area (Å²) in [6.07, 6.45) is -0.113. The molecule has 0 saturated heterocycles. The zero-order valence-electron chi connectivity index (χ0n) is 24.1. The van der Waals surface area contributed by atoms with Crippen LogP contribution in [0.1, 0.15) is 63.3 Å². The van der Waals surface area contributed by atoms with Crippen molar-refractivity contribution >= 4 is 44.5 Å². The quantitative estimate of drug-likeness (QED) is 0.209. The van der Waals surface area contributed by atoms with Gasteiger partial charge in [0.25, 0.3) is 5.56 Å². The molecule has 42 heavy (non-hydrogen) atoms. The summed E-state index contributed by atoms with van der Waals surface area (Å²) < 4.78 is 13.0. The predicted octanol–water partition coefficient (Wildman–Crippen LogP) is 6.81. The van der Waals surface area contributed by atoms with Gasteiger partial charge in [-0.05, 0) is 70.5 Å². The molecule has 0 spiro atoms. The van der Waals surface area contributed by atoms with Crippen molar-refractivity contribution in [1.29, 1.82) is 0 Å². The number of para-hydroxylation sites is 1. The minimum absolute atomic E-state index is 0.285. The fraction of sp³-hybridized carbons (Fsp3) is 0.281. The highest BCUT2D eigenvalue weighted by Gasteiger charge is 2.26. The molecule has 1 amide bonds. The molecule has 216 valence electrons. The van der Waals surface area contributed by atoms with Crippen LogP contribution in [0.5, 0.6) is 0 Å². The molecular formula is C32H32N4O5S. The Balaban J connectivity index is 1.68. The van der Waals surface area contributed by atoms with Crippen LogP contribution >= 0.6 is 11.3 Å². The standard InChI is InChI=1S/C32H32N4O5S/c1-6-22(35-31(39)41-32(3,4)5)27-33-24-15-11-14-21(26(24)29(37)36(27)20-12-9-8-10-13-20)28-34-23-17-16-19(18-25(23)42-28)30(38)40-7-2/h8-18,22H,6-7H2,1-5H3,(H,35,39)/t22-/m0/s1. The van der Waals surface area contributed by atoms with Gasteiger partial charge in [-0.1, -0.05) is 37.3 Å². The molecule has 0 aliphatic carbocycles. The van der Waals surface area contributed by atoms with Crippen molar-refractivity contribution in [2.45, 2.75) is 52.7 Å². The van der Waals surface area contributed by atoms with Gasteiger partial charge in [0.2, 0.25) is 0 Å². The summed E-state index contributed by atoms with van der Waals surface area (Å²) in [6.45, 7) is 9.35. The number of hydrogen-bond acceptors (Lipinski definition) is 8. The van der Waals surface area contributed by atoms with Crippen LogP contribution in [-0.4, -0.2) is 38.8 Å². The second-order valence-electron chi connectivity index (χ2n) is 10.7. The molecule has 3 aromatic carbocycles. The van der Waals surface area contributed by atoms with E-state index >= 15 is 0 Å². The third kappa shape index (κ3) is 5.89. The van der Waals surface area contributed by atoms with Crippen molar-refractivity contribution < 1.29 is 19.1 Å². The topological polar surface area (TPSA) is 112 Å². The van der Waals surface area contributed by atoms with Crippen LogP contribution in [0.15, 0.2) is 71.5 Å². The van der Waals surface area contributed by atoms with Gasteiger partial charge < -0.3 is 14.8 Å². The molecule has 1 N–H and O–H groups in total. The summed E-state index contributed by atoms with van der Waals surface area (Å²) in [4.78, 5) is 49.1. The van der Waals surface area contributed by atoms with Crippen molar-refractivity contribution in [1.82, 2.24) is 19.9 Å². The third-order valence-corrected chi connectivity index (χ3v) is 7.53. The molecular weight excluding hydrogens is 552 g/mol. The van der Waals surface area contributed by atoms with Crippen LogP contribution in [0, 0.1) is 0 Å². The average Bonchev–Trinajstić information content (AvgIpc) is 3.38. The monoisotopic (exact) mass is 584 g/mol. The normalized spacial score (nSPS) is 12.3. The highest BCUT2D eigenvalue weighted by Crippen LogP contribution is 2.34. The van der Waals surface area contributed by atoms with E-state index in [4.69, 9.17) is 19.4 Å². The van der Waals surface area contributed by atoms with Gasteiger partial charge in [-0.3, -0.25) is 9.36 Å². The lowest BCUT2D eigenvalue weighted by Crippen LogP contribution is -2.37. The van der Waals surface area contributed by atoms with Crippen LogP contribution < -0.4 is 10.9 Å². The Kier molecular flexibility index (Phi) is 8.08. The maximum Gasteiger partial charge on any atom is 0.408 e. The first kappa shape index (κ1) is 28.9. The fourth-order valence-electron chi connectivity index (χ4n) is 4.67. The molecule has 5 aromatic rings. The number of ether oxygens (including phenoxy) is 2. The first-order valence-electron chi connectivity index (χ1n) is 13.8. The van der Waals surface area contributed by atoms with Crippen molar-refractivity contribution in [3.63, 3.8) is 0 Å². The Morgan fingerprint density at radius 2 is 1.74 bits per heavy atom. The summed E-state index contributed by atoms with van der Waals surface area (Å²) >= 11 is 1.39. The van der Waals surface area contributed by atoms with Gasteiger partial charge in [-0.15, -0.1) is 11.3 Å². The Bertz CT molecular complexity index is 1840. The number of benzene rings is 3. The minimum atomic E-state index is -0.679. The molecule has 0 aliphatic heterocycles. The molecule has 0 fully saturated rings. The van der Waals surface area contributed by atoms with E-state index in [1.807, 2.05) is 49.4 Å². The third-order valence-electron chi connectivity index (χ3n) is 6.48. The maximum absolute atomic E-state index is 14.4. The molecule has 0 bridgehead atoms. The predicted molar refractivity (Wildman–Crippen MR) is 164 cm³/mol. The van der Waals surface area contributed by atoms with Crippen LogP contribution in [-0.2, 0) is 9.47 Å². The minimum Gasteiger partial charge on any atom is -0.462 e. The number of esters is 1. The van der Waals surface area contributed by atoms with Gasteiger partial charge in [0, 0.05) is 5.56 Å². The van der Waals surface area contributed by atoms with Gasteiger partial charge in [0.05, 0.1) is 45.0 Å². The number of nitrogens with one attached hydrogen (secondary N) is 1. The molecule has 1 atom stereocenters. The first-order chi connectivity index (χ1) is 20.1. The highest BCUT2D eigenvalue weighted by atomic mass is 32.1. The number of thiazole rings is 1. The number of hydrogen-bond donors (Lipinski definition) is 1. The molecule has 0 unspecified atom stereocenters. The smallest absolute Gasteiger partial charge is 0.408 e. The van der Waals surface area contributed by atoms with E-state index in [-0.39, 0.29) is 12.2 Å². The Hall–Kier alpha value is -4.57. The van der Waals surface area contributed by atoms with E-state index in [0.717, 1.165) is 4.70 Å². The van der Waals surface area contributed by atoms with Crippen LogP contribution in [0.2, 0.25) is 0 Å². The van der Waals surface area contributed by atoms with Gasteiger partial charge in [0.15, 0.2) is 0 Å². The number of aromatic nitrogens is 3. The average molecular weight is 585 g/mol. The van der Waals surface area contributed by atoms with Crippen LogP contribution in [0.4, 0.5) is 4.79 Å². The van der Waals surface area contributed by atoms with E-state index in [0.29, 0.717) is 50.5 Å². The van der Waals surface area contributed by atoms with Crippen LogP contribution in [0.25, 0.3) is 37.4 Å².